The second-order valence-electron chi connectivity index (χ2n) is 5.67. The van der Waals surface area contributed by atoms with Gasteiger partial charge in [0, 0.05) is 0 Å². The van der Waals surface area contributed by atoms with Gasteiger partial charge in [0.2, 0.25) is 0 Å². The van der Waals surface area contributed by atoms with Crippen molar-refractivity contribution in [1.29, 1.82) is 0 Å². The largest absolute Gasteiger partial charge is 0.330 e. The van der Waals surface area contributed by atoms with Crippen molar-refractivity contribution in [2.75, 3.05) is 6.54 Å². The van der Waals surface area contributed by atoms with E-state index in [0.717, 1.165) is 30.7 Å². The minimum atomic E-state index is -0.0847. The quantitative estimate of drug-likeness (QED) is 0.852. The van der Waals surface area contributed by atoms with Crippen LogP contribution in [-0.2, 0) is 6.42 Å². The van der Waals surface area contributed by atoms with E-state index in [9.17, 15) is 4.39 Å². The van der Waals surface area contributed by atoms with Crippen LogP contribution in [-0.4, -0.2) is 6.54 Å². The molecule has 1 aromatic carbocycles. The van der Waals surface area contributed by atoms with Crippen LogP contribution in [0, 0.1) is 17.2 Å². The molecule has 1 aliphatic rings. The van der Waals surface area contributed by atoms with Gasteiger partial charge < -0.3 is 5.73 Å². The van der Waals surface area contributed by atoms with Crippen LogP contribution >= 0.6 is 0 Å². The van der Waals surface area contributed by atoms with E-state index in [0.29, 0.717) is 6.54 Å². The molecule has 1 aromatic rings. The molecule has 0 bridgehead atoms. The molecule has 2 N–H and O–H groups in total. The van der Waals surface area contributed by atoms with Gasteiger partial charge in [-0.05, 0) is 48.8 Å². The second kappa shape index (κ2) is 5.18. The first-order valence-electron chi connectivity index (χ1n) is 6.59. The minimum absolute atomic E-state index is 0.0847. The molecular weight excluding hydrogens is 213 g/mol. The van der Waals surface area contributed by atoms with Crippen molar-refractivity contribution in [1.82, 2.24) is 0 Å². The minimum Gasteiger partial charge on any atom is -0.330 e. The van der Waals surface area contributed by atoms with Crippen molar-refractivity contribution in [2.24, 2.45) is 17.1 Å². The fraction of sp³-hybridized carbons (Fsp3) is 0.600. The molecule has 0 radical (unpaired) electrons. The molecule has 2 atom stereocenters. The van der Waals surface area contributed by atoms with Gasteiger partial charge in [0.1, 0.15) is 5.82 Å². The van der Waals surface area contributed by atoms with Crippen LogP contribution in [0.2, 0.25) is 0 Å². The Labute approximate surface area is 103 Å². The van der Waals surface area contributed by atoms with Crippen LogP contribution in [0.1, 0.15) is 38.2 Å². The molecule has 0 aliphatic heterocycles. The summed E-state index contributed by atoms with van der Waals surface area (Å²) >= 11 is 0. The Bertz CT molecular complexity index is 377. The van der Waals surface area contributed by atoms with Gasteiger partial charge in [-0.2, -0.15) is 0 Å². The summed E-state index contributed by atoms with van der Waals surface area (Å²) in [5.41, 5.74) is 6.93. The van der Waals surface area contributed by atoms with Crippen molar-refractivity contribution in [3.05, 3.63) is 35.6 Å². The molecule has 1 saturated carbocycles. The molecule has 0 saturated heterocycles. The fourth-order valence-electron chi connectivity index (χ4n) is 3.23. The molecular formula is C15H22FN. The molecule has 0 spiro atoms. The predicted molar refractivity (Wildman–Crippen MR) is 69.2 cm³/mol. The molecule has 0 heterocycles. The van der Waals surface area contributed by atoms with Crippen molar-refractivity contribution < 1.29 is 4.39 Å². The third kappa shape index (κ3) is 2.86. The highest BCUT2D eigenvalue weighted by molar-refractivity contribution is 5.19. The molecule has 17 heavy (non-hydrogen) atoms. The summed E-state index contributed by atoms with van der Waals surface area (Å²) in [5.74, 6) is 0.637. The van der Waals surface area contributed by atoms with Crippen LogP contribution in [0.25, 0.3) is 0 Å². The molecule has 2 heteroatoms. The topological polar surface area (TPSA) is 26.0 Å². The van der Waals surface area contributed by atoms with E-state index < -0.39 is 0 Å². The molecule has 2 rings (SSSR count). The lowest BCUT2D eigenvalue weighted by atomic mass is 9.67. The maximum absolute atomic E-state index is 13.7. The van der Waals surface area contributed by atoms with E-state index in [1.54, 1.807) is 12.1 Å². The third-order valence-electron chi connectivity index (χ3n) is 4.14. The van der Waals surface area contributed by atoms with Gasteiger partial charge in [0.15, 0.2) is 0 Å². The first-order chi connectivity index (χ1) is 8.15. The Balaban J connectivity index is 2.17. The monoisotopic (exact) mass is 235 g/mol. The lowest BCUT2D eigenvalue weighted by Gasteiger charge is -2.39. The van der Waals surface area contributed by atoms with E-state index >= 15 is 0 Å². The van der Waals surface area contributed by atoms with E-state index in [1.807, 2.05) is 12.1 Å². The van der Waals surface area contributed by atoms with Crippen LogP contribution in [0.3, 0.4) is 0 Å². The van der Waals surface area contributed by atoms with Gasteiger partial charge in [-0.3, -0.25) is 0 Å². The van der Waals surface area contributed by atoms with Crippen molar-refractivity contribution in [3.8, 4) is 0 Å². The van der Waals surface area contributed by atoms with E-state index in [-0.39, 0.29) is 11.2 Å². The molecule has 1 nitrogen and oxygen atoms in total. The number of hydrogen-bond acceptors (Lipinski definition) is 1. The number of hydrogen-bond donors (Lipinski definition) is 1. The normalized spacial score (nSPS) is 29.2. The number of nitrogens with two attached hydrogens (primary N) is 1. The summed E-state index contributed by atoms with van der Waals surface area (Å²) in [6.45, 7) is 2.95. The highest BCUT2D eigenvalue weighted by atomic mass is 19.1. The smallest absolute Gasteiger partial charge is 0.126 e. The molecule has 2 unspecified atom stereocenters. The summed E-state index contributed by atoms with van der Waals surface area (Å²) in [6.07, 6.45) is 5.59. The molecule has 94 valence electrons. The van der Waals surface area contributed by atoms with Gasteiger partial charge in [0.05, 0.1) is 0 Å². The number of rotatable bonds is 3. The maximum Gasteiger partial charge on any atom is 0.126 e. The Morgan fingerprint density at radius 2 is 2.18 bits per heavy atom. The average molecular weight is 235 g/mol. The van der Waals surface area contributed by atoms with Crippen LogP contribution < -0.4 is 5.73 Å². The first-order valence-corrected chi connectivity index (χ1v) is 6.59. The standard InChI is InChI=1S/C15H22FN/c1-12-5-4-8-15(9-12,11-17)10-13-6-2-3-7-14(13)16/h2-3,6-7,12H,4-5,8-11,17H2,1H3. The van der Waals surface area contributed by atoms with Crippen molar-refractivity contribution in [3.63, 3.8) is 0 Å². The van der Waals surface area contributed by atoms with Gasteiger partial charge in [0.25, 0.3) is 0 Å². The molecule has 1 fully saturated rings. The van der Waals surface area contributed by atoms with E-state index in [4.69, 9.17) is 5.73 Å². The Morgan fingerprint density at radius 1 is 1.41 bits per heavy atom. The van der Waals surface area contributed by atoms with Crippen LogP contribution in [0.4, 0.5) is 4.39 Å². The maximum atomic E-state index is 13.7. The summed E-state index contributed by atoms with van der Waals surface area (Å²) in [5, 5.41) is 0. The molecule has 1 aliphatic carbocycles. The van der Waals surface area contributed by atoms with Gasteiger partial charge in [-0.1, -0.05) is 38.0 Å². The zero-order valence-corrected chi connectivity index (χ0v) is 10.6. The lowest BCUT2D eigenvalue weighted by molar-refractivity contribution is 0.152. The summed E-state index contributed by atoms with van der Waals surface area (Å²) in [6, 6.07) is 7.10. The summed E-state index contributed by atoms with van der Waals surface area (Å²) in [4.78, 5) is 0. The second-order valence-corrected chi connectivity index (χ2v) is 5.67. The van der Waals surface area contributed by atoms with Crippen LogP contribution in [0.15, 0.2) is 24.3 Å². The zero-order valence-electron chi connectivity index (χ0n) is 10.6. The lowest BCUT2D eigenvalue weighted by Crippen LogP contribution is -2.37. The summed E-state index contributed by atoms with van der Waals surface area (Å²) in [7, 11) is 0. The van der Waals surface area contributed by atoms with E-state index in [2.05, 4.69) is 6.92 Å². The first kappa shape index (κ1) is 12.6. The highest BCUT2D eigenvalue weighted by Crippen LogP contribution is 2.41. The predicted octanol–water partition coefficient (Wildman–Crippen LogP) is 3.52. The average Bonchev–Trinajstić information content (AvgIpc) is 2.32. The van der Waals surface area contributed by atoms with Gasteiger partial charge >= 0.3 is 0 Å². The van der Waals surface area contributed by atoms with Gasteiger partial charge in [-0.15, -0.1) is 0 Å². The van der Waals surface area contributed by atoms with E-state index in [1.165, 1.54) is 12.8 Å². The van der Waals surface area contributed by atoms with Crippen molar-refractivity contribution >= 4 is 0 Å². The summed E-state index contributed by atoms with van der Waals surface area (Å²) < 4.78 is 13.7. The Kier molecular flexibility index (Phi) is 3.82. The van der Waals surface area contributed by atoms with Gasteiger partial charge in [-0.25, -0.2) is 4.39 Å². The molecule has 0 aromatic heterocycles. The number of benzene rings is 1. The third-order valence-corrected chi connectivity index (χ3v) is 4.14. The SMILES string of the molecule is CC1CCCC(CN)(Cc2ccccc2F)C1. The number of halogens is 1. The van der Waals surface area contributed by atoms with Crippen molar-refractivity contribution in [2.45, 2.75) is 39.0 Å². The molecule has 0 amide bonds. The highest BCUT2D eigenvalue weighted by Gasteiger charge is 2.34. The zero-order chi connectivity index (χ0) is 12.3. The Hall–Kier alpha value is -0.890. The Morgan fingerprint density at radius 3 is 2.82 bits per heavy atom. The fourth-order valence-corrected chi connectivity index (χ4v) is 3.23. The van der Waals surface area contributed by atoms with Crippen LogP contribution in [0.5, 0.6) is 0 Å².